The first kappa shape index (κ1) is 16.4. The van der Waals surface area contributed by atoms with Crippen molar-refractivity contribution in [3.63, 3.8) is 0 Å². The molecular formula is C15H30N4. The fourth-order valence-corrected chi connectivity index (χ4v) is 2.71. The summed E-state index contributed by atoms with van der Waals surface area (Å²) in [5.41, 5.74) is 5.17. The third-order valence-corrected chi connectivity index (χ3v) is 4.15. The Morgan fingerprint density at radius 1 is 1.37 bits per heavy atom. The average molecular weight is 266 g/mol. The van der Waals surface area contributed by atoms with E-state index in [-0.39, 0.29) is 0 Å². The minimum absolute atomic E-state index is 0.646. The number of nitrogens with two attached hydrogens (primary N) is 1. The van der Waals surface area contributed by atoms with Gasteiger partial charge in [0.15, 0.2) is 0 Å². The van der Waals surface area contributed by atoms with Crippen molar-refractivity contribution in [1.82, 2.24) is 9.80 Å². The van der Waals surface area contributed by atoms with Crippen LogP contribution in [0, 0.1) is 17.2 Å². The molecule has 2 N–H and O–H groups in total. The van der Waals surface area contributed by atoms with E-state index >= 15 is 0 Å². The Kier molecular flexibility index (Phi) is 6.78. The monoisotopic (exact) mass is 266 g/mol. The van der Waals surface area contributed by atoms with Crippen LogP contribution in [0.4, 0.5) is 0 Å². The molecular weight excluding hydrogens is 236 g/mol. The minimum Gasteiger partial charge on any atom is -0.314 e. The molecule has 0 spiro atoms. The molecule has 4 nitrogen and oxygen atoms in total. The lowest BCUT2D eigenvalue weighted by Gasteiger charge is -2.31. The fraction of sp³-hybridized carbons (Fsp3) is 0.933. The summed E-state index contributed by atoms with van der Waals surface area (Å²) in [6.45, 7) is 6.63. The third kappa shape index (κ3) is 6.91. The smallest absolute Gasteiger partial charge is 0.101 e. The van der Waals surface area contributed by atoms with Crippen LogP contribution in [0.5, 0.6) is 0 Å². The number of unbranched alkanes of at least 4 members (excludes halogenated alkanes) is 1. The van der Waals surface area contributed by atoms with Gasteiger partial charge in [-0.3, -0.25) is 0 Å². The molecule has 19 heavy (non-hydrogen) atoms. The van der Waals surface area contributed by atoms with E-state index in [1.807, 2.05) is 6.92 Å². The van der Waals surface area contributed by atoms with Crippen LogP contribution >= 0.6 is 0 Å². The number of piperidine rings is 1. The Labute approximate surface area is 118 Å². The van der Waals surface area contributed by atoms with Gasteiger partial charge in [-0.2, -0.15) is 5.26 Å². The zero-order valence-corrected chi connectivity index (χ0v) is 12.9. The molecule has 1 rings (SSSR count). The Morgan fingerprint density at radius 3 is 2.58 bits per heavy atom. The Hall–Kier alpha value is -0.630. The van der Waals surface area contributed by atoms with Gasteiger partial charge in [0.1, 0.15) is 5.54 Å². The molecule has 0 amide bonds. The standard InChI is InChI=1S/C15H30N4/c1-15(17,13-16)8-4-5-9-19(3)12-14-6-10-18(2)11-7-14/h14H,4-12,17H2,1-3H3. The van der Waals surface area contributed by atoms with E-state index in [0.29, 0.717) is 0 Å². The number of nitrogens with zero attached hydrogens (tertiary/aromatic N) is 3. The molecule has 110 valence electrons. The molecule has 1 saturated heterocycles. The number of hydrogen-bond acceptors (Lipinski definition) is 4. The molecule has 1 fully saturated rings. The first-order chi connectivity index (χ1) is 8.93. The highest BCUT2D eigenvalue weighted by atomic mass is 15.1. The highest BCUT2D eigenvalue weighted by Crippen LogP contribution is 2.17. The van der Waals surface area contributed by atoms with E-state index in [2.05, 4.69) is 30.0 Å². The van der Waals surface area contributed by atoms with Crippen molar-refractivity contribution in [2.45, 2.75) is 44.6 Å². The Bertz CT molecular complexity index is 287. The van der Waals surface area contributed by atoms with Crippen LogP contribution in [-0.4, -0.2) is 55.6 Å². The molecule has 0 aromatic heterocycles. The molecule has 1 atom stereocenters. The molecule has 0 radical (unpaired) electrons. The maximum atomic E-state index is 8.85. The average Bonchev–Trinajstić information content (AvgIpc) is 2.38. The highest BCUT2D eigenvalue weighted by Gasteiger charge is 2.19. The van der Waals surface area contributed by atoms with E-state index in [1.54, 1.807) is 0 Å². The molecule has 0 aromatic carbocycles. The van der Waals surface area contributed by atoms with E-state index in [0.717, 1.165) is 31.7 Å². The predicted molar refractivity (Wildman–Crippen MR) is 79.8 cm³/mol. The van der Waals surface area contributed by atoms with Gasteiger partial charge in [0.25, 0.3) is 0 Å². The Balaban J connectivity index is 2.08. The number of likely N-dealkylation sites (tertiary alicyclic amines) is 1. The lowest BCUT2D eigenvalue weighted by molar-refractivity contribution is 0.175. The Morgan fingerprint density at radius 2 is 2.00 bits per heavy atom. The summed E-state index contributed by atoms with van der Waals surface area (Å²) in [5.74, 6) is 0.861. The number of nitriles is 1. The van der Waals surface area contributed by atoms with Crippen LogP contribution < -0.4 is 5.73 Å². The molecule has 0 saturated carbocycles. The summed E-state index contributed by atoms with van der Waals surface area (Å²) in [4.78, 5) is 4.86. The van der Waals surface area contributed by atoms with Crippen LogP contribution in [0.25, 0.3) is 0 Å². The minimum atomic E-state index is -0.646. The van der Waals surface area contributed by atoms with Crippen LogP contribution in [0.3, 0.4) is 0 Å². The van der Waals surface area contributed by atoms with Gasteiger partial charge in [-0.15, -0.1) is 0 Å². The first-order valence-corrected chi connectivity index (χ1v) is 7.50. The topological polar surface area (TPSA) is 56.3 Å². The van der Waals surface area contributed by atoms with Gasteiger partial charge >= 0.3 is 0 Å². The second-order valence-corrected chi connectivity index (χ2v) is 6.50. The van der Waals surface area contributed by atoms with Gasteiger partial charge in [0.05, 0.1) is 6.07 Å². The largest absolute Gasteiger partial charge is 0.314 e. The summed E-state index contributed by atoms with van der Waals surface area (Å²) in [5, 5.41) is 8.85. The third-order valence-electron chi connectivity index (χ3n) is 4.15. The van der Waals surface area contributed by atoms with Gasteiger partial charge < -0.3 is 15.5 Å². The molecule has 1 heterocycles. The normalized spacial score (nSPS) is 21.3. The quantitative estimate of drug-likeness (QED) is 0.712. The van der Waals surface area contributed by atoms with Crippen LogP contribution in [0.15, 0.2) is 0 Å². The SMILES string of the molecule is CN1CCC(CN(C)CCCCC(C)(N)C#N)CC1. The van der Waals surface area contributed by atoms with E-state index in [9.17, 15) is 0 Å². The molecule has 0 aromatic rings. The predicted octanol–water partition coefficient (Wildman–Crippen LogP) is 1.67. The van der Waals surface area contributed by atoms with E-state index < -0.39 is 5.54 Å². The summed E-state index contributed by atoms with van der Waals surface area (Å²) in [7, 11) is 4.42. The van der Waals surface area contributed by atoms with Crippen molar-refractivity contribution in [3.8, 4) is 6.07 Å². The van der Waals surface area contributed by atoms with Gasteiger partial charge in [-0.1, -0.05) is 0 Å². The summed E-state index contributed by atoms with van der Waals surface area (Å²) >= 11 is 0. The zero-order valence-electron chi connectivity index (χ0n) is 12.9. The van der Waals surface area contributed by atoms with Crippen molar-refractivity contribution < 1.29 is 0 Å². The molecule has 0 aliphatic carbocycles. The molecule has 1 unspecified atom stereocenters. The van der Waals surface area contributed by atoms with Crippen molar-refractivity contribution in [1.29, 1.82) is 5.26 Å². The van der Waals surface area contributed by atoms with Crippen molar-refractivity contribution in [2.24, 2.45) is 11.7 Å². The van der Waals surface area contributed by atoms with Gasteiger partial charge in [-0.25, -0.2) is 0 Å². The van der Waals surface area contributed by atoms with Crippen molar-refractivity contribution in [3.05, 3.63) is 0 Å². The van der Waals surface area contributed by atoms with E-state index in [1.165, 1.54) is 32.5 Å². The number of hydrogen-bond donors (Lipinski definition) is 1. The first-order valence-electron chi connectivity index (χ1n) is 7.50. The fourth-order valence-electron chi connectivity index (χ4n) is 2.71. The lowest BCUT2D eigenvalue weighted by atomic mass is 9.96. The van der Waals surface area contributed by atoms with Crippen molar-refractivity contribution >= 4 is 0 Å². The molecule has 1 aliphatic rings. The van der Waals surface area contributed by atoms with Gasteiger partial charge in [0.2, 0.25) is 0 Å². The maximum absolute atomic E-state index is 8.85. The number of rotatable bonds is 7. The highest BCUT2D eigenvalue weighted by molar-refractivity contribution is 5.00. The van der Waals surface area contributed by atoms with Gasteiger partial charge in [-0.05, 0) is 78.7 Å². The molecule has 4 heteroatoms. The van der Waals surface area contributed by atoms with Crippen molar-refractivity contribution in [2.75, 3.05) is 40.3 Å². The summed E-state index contributed by atoms with van der Waals surface area (Å²) < 4.78 is 0. The van der Waals surface area contributed by atoms with Crippen LogP contribution in [0.1, 0.15) is 39.0 Å². The van der Waals surface area contributed by atoms with E-state index in [4.69, 9.17) is 11.0 Å². The second kappa shape index (κ2) is 7.84. The maximum Gasteiger partial charge on any atom is 0.101 e. The molecule has 1 aliphatic heterocycles. The summed E-state index contributed by atoms with van der Waals surface area (Å²) in [6.07, 6.45) is 5.63. The second-order valence-electron chi connectivity index (χ2n) is 6.50. The summed E-state index contributed by atoms with van der Waals surface area (Å²) in [6, 6.07) is 2.16. The molecule has 0 bridgehead atoms. The van der Waals surface area contributed by atoms with Gasteiger partial charge in [0, 0.05) is 6.54 Å². The lowest BCUT2D eigenvalue weighted by Crippen LogP contribution is -2.36. The zero-order chi connectivity index (χ0) is 14.3. The van der Waals surface area contributed by atoms with Crippen LogP contribution in [0.2, 0.25) is 0 Å². The van der Waals surface area contributed by atoms with Crippen LogP contribution in [-0.2, 0) is 0 Å².